The van der Waals surface area contributed by atoms with Crippen LogP contribution in [0, 0.1) is 0 Å². The number of aliphatic imine (C=N–C) groups is 1. The van der Waals surface area contributed by atoms with E-state index in [1.54, 1.807) is 0 Å². The van der Waals surface area contributed by atoms with Crippen LogP contribution in [0.5, 0.6) is 0 Å². The second kappa shape index (κ2) is 6.42. The molecule has 1 aromatic carbocycles. The maximum atomic E-state index is 4.75. The maximum Gasteiger partial charge on any atom is 0.195 e. The Morgan fingerprint density at radius 2 is 1.74 bits per heavy atom. The Morgan fingerprint density at radius 3 is 2.21 bits per heavy atom. The van der Waals surface area contributed by atoms with Crippen molar-refractivity contribution in [3.63, 3.8) is 0 Å². The standard InChI is InChI=1S/C15H24BrN3/c1-15(2,12-8-7-9-13(16)10-12)11-17-14(18(3)4)19(5)6/h7-10H,11H2,1-6H3. The highest BCUT2D eigenvalue weighted by Crippen LogP contribution is 2.26. The molecule has 0 atom stereocenters. The highest BCUT2D eigenvalue weighted by molar-refractivity contribution is 9.10. The Hall–Kier alpha value is -1.03. The molecular weight excluding hydrogens is 302 g/mol. The first-order valence-corrected chi connectivity index (χ1v) is 7.18. The van der Waals surface area contributed by atoms with Crippen LogP contribution >= 0.6 is 15.9 Å². The molecule has 0 heterocycles. The van der Waals surface area contributed by atoms with Crippen molar-refractivity contribution in [2.45, 2.75) is 19.3 Å². The van der Waals surface area contributed by atoms with E-state index in [2.05, 4.69) is 48.0 Å². The van der Waals surface area contributed by atoms with Gasteiger partial charge in [-0.2, -0.15) is 0 Å². The summed E-state index contributed by atoms with van der Waals surface area (Å²) in [6.45, 7) is 5.21. The molecule has 3 nitrogen and oxygen atoms in total. The van der Waals surface area contributed by atoms with E-state index in [0.717, 1.165) is 17.0 Å². The van der Waals surface area contributed by atoms with Crippen LogP contribution in [0.2, 0.25) is 0 Å². The van der Waals surface area contributed by atoms with E-state index in [0.29, 0.717) is 0 Å². The average molecular weight is 326 g/mol. The van der Waals surface area contributed by atoms with E-state index in [-0.39, 0.29) is 5.41 Å². The van der Waals surface area contributed by atoms with Gasteiger partial charge in [0.25, 0.3) is 0 Å². The highest BCUT2D eigenvalue weighted by atomic mass is 79.9. The molecule has 1 rings (SSSR count). The minimum Gasteiger partial charge on any atom is -0.349 e. The number of halogens is 1. The summed E-state index contributed by atoms with van der Waals surface area (Å²) in [5, 5.41) is 0. The molecule has 19 heavy (non-hydrogen) atoms. The first kappa shape index (κ1) is 16.0. The fourth-order valence-electron chi connectivity index (χ4n) is 1.95. The van der Waals surface area contributed by atoms with Gasteiger partial charge in [0.15, 0.2) is 5.96 Å². The SMILES string of the molecule is CN(C)C(=NCC(C)(C)c1cccc(Br)c1)N(C)C. The number of guanidine groups is 1. The van der Waals surface area contributed by atoms with Crippen molar-refractivity contribution in [1.29, 1.82) is 0 Å². The predicted molar refractivity (Wildman–Crippen MR) is 86.8 cm³/mol. The molecule has 4 heteroatoms. The second-order valence-corrected chi connectivity index (χ2v) is 6.71. The van der Waals surface area contributed by atoms with Crippen LogP contribution in [0.1, 0.15) is 19.4 Å². The number of benzene rings is 1. The van der Waals surface area contributed by atoms with Crippen molar-refractivity contribution in [2.24, 2.45) is 4.99 Å². The first-order valence-electron chi connectivity index (χ1n) is 6.39. The summed E-state index contributed by atoms with van der Waals surface area (Å²) in [6, 6.07) is 8.45. The third kappa shape index (κ3) is 4.53. The lowest BCUT2D eigenvalue weighted by Gasteiger charge is -2.27. The largest absolute Gasteiger partial charge is 0.349 e. The van der Waals surface area contributed by atoms with Gasteiger partial charge in [-0.15, -0.1) is 0 Å². The van der Waals surface area contributed by atoms with Crippen LogP contribution in [-0.2, 0) is 5.41 Å². The lowest BCUT2D eigenvalue weighted by molar-refractivity contribution is 0.464. The Labute approximate surface area is 125 Å². The normalized spacial score (nSPS) is 11.1. The minimum atomic E-state index is 0.0149. The van der Waals surface area contributed by atoms with Crippen LogP contribution in [-0.4, -0.2) is 50.5 Å². The molecule has 0 aromatic heterocycles. The van der Waals surface area contributed by atoms with Crippen molar-refractivity contribution in [3.05, 3.63) is 34.3 Å². The van der Waals surface area contributed by atoms with Gasteiger partial charge in [-0.1, -0.05) is 41.9 Å². The highest BCUT2D eigenvalue weighted by Gasteiger charge is 2.21. The number of hydrogen-bond acceptors (Lipinski definition) is 1. The van der Waals surface area contributed by atoms with E-state index >= 15 is 0 Å². The van der Waals surface area contributed by atoms with Gasteiger partial charge < -0.3 is 9.80 Å². The topological polar surface area (TPSA) is 18.8 Å². The molecule has 0 saturated carbocycles. The summed E-state index contributed by atoms with van der Waals surface area (Å²) in [6.07, 6.45) is 0. The van der Waals surface area contributed by atoms with Gasteiger partial charge in [-0.3, -0.25) is 4.99 Å². The number of hydrogen-bond donors (Lipinski definition) is 0. The molecule has 0 radical (unpaired) electrons. The quantitative estimate of drug-likeness (QED) is 0.627. The molecule has 0 aliphatic heterocycles. The van der Waals surface area contributed by atoms with Gasteiger partial charge in [0.1, 0.15) is 0 Å². The minimum absolute atomic E-state index is 0.0149. The number of nitrogens with zero attached hydrogens (tertiary/aromatic N) is 3. The van der Waals surface area contributed by atoms with Crippen molar-refractivity contribution in [2.75, 3.05) is 34.7 Å². The van der Waals surface area contributed by atoms with Crippen LogP contribution in [0.4, 0.5) is 0 Å². The van der Waals surface area contributed by atoms with Crippen LogP contribution in [0.3, 0.4) is 0 Å². The molecule has 0 N–H and O–H groups in total. The third-order valence-corrected chi connectivity index (χ3v) is 3.52. The summed E-state index contributed by atoms with van der Waals surface area (Å²) >= 11 is 3.53. The van der Waals surface area contributed by atoms with Gasteiger partial charge in [-0.05, 0) is 17.7 Å². The summed E-state index contributed by atoms with van der Waals surface area (Å²) in [5.74, 6) is 0.989. The van der Waals surface area contributed by atoms with Crippen molar-refractivity contribution in [3.8, 4) is 0 Å². The van der Waals surface area contributed by atoms with Gasteiger partial charge in [0.05, 0.1) is 6.54 Å². The van der Waals surface area contributed by atoms with E-state index in [1.807, 2.05) is 44.1 Å². The molecular formula is C15H24BrN3. The van der Waals surface area contributed by atoms with Gasteiger partial charge in [0, 0.05) is 38.1 Å². The lowest BCUT2D eigenvalue weighted by atomic mass is 9.85. The summed E-state index contributed by atoms with van der Waals surface area (Å²) in [4.78, 5) is 8.83. The second-order valence-electron chi connectivity index (χ2n) is 5.80. The van der Waals surface area contributed by atoms with Gasteiger partial charge >= 0.3 is 0 Å². The van der Waals surface area contributed by atoms with Crippen LogP contribution in [0.25, 0.3) is 0 Å². The summed E-state index contributed by atoms with van der Waals surface area (Å²) < 4.78 is 1.11. The summed E-state index contributed by atoms with van der Waals surface area (Å²) in [7, 11) is 8.08. The van der Waals surface area contributed by atoms with Crippen molar-refractivity contribution < 1.29 is 0 Å². The fourth-order valence-corrected chi connectivity index (χ4v) is 2.35. The zero-order chi connectivity index (χ0) is 14.6. The van der Waals surface area contributed by atoms with E-state index in [9.17, 15) is 0 Å². The zero-order valence-corrected chi connectivity index (χ0v) is 14.3. The third-order valence-electron chi connectivity index (χ3n) is 3.02. The number of rotatable bonds is 3. The van der Waals surface area contributed by atoms with Gasteiger partial charge in [-0.25, -0.2) is 0 Å². The lowest BCUT2D eigenvalue weighted by Crippen LogP contribution is -2.36. The average Bonchev–Trinajstić information content (AvgIpc) is 2.28. The predicted octanol–water partition coefficient (Wildman–Crippen LogP) is 3.21. The Bertz CT molecular complexity index is 440. The van der Waals surface area contributed by atoms with E-state index < -0.39 is 0 Å². The molecule has 0 saturated heterocycles. The van der Waals surface area contributed by atoms with E-state index in [4.69, 9.17) is 4.99 Å². The fraction of sp³-hybridized carbons (Fsp3) is 0.533. The monoisotopic (exact) mass is 325 g/mol. The molecule has 0 aliphatic rings. The summed E-state index contributed by atoms with van der Waals surface area (Å²) in [5.41, 5.74) is 1.31. The molecule has 1 aromatic rings. The first-order chi connectivity index (χ1) is 8.74. The zero-order valence-electron chi connectivity index (χ0n) is 12.7. The Morgan fingerprint density at radius 1 is 1.16 bits per heavy atom. The van der Waals surface area contributed by atoms with Crippen LogP contribution < -0.4 is 0 Å². The Kier molecular flexibility index (Phi) is 5.41. The molecule has 0 unspecified atom stereocenters. The smallest absolute Gasteiger partial charge is 0.195 e. The van der Waals surface area contributed by atoms with Crippen molar-refractivity contribution >= 4 is 21.9 Å². The molecule has 0 aliphatic carbocycles. The molecule has 0 fully saturated rings. The molecule has 0 bridgehead atoms. The van der Waals surface area contributed by atoms with Gasteiger partial charge in [0.2, 0.25) is 0 Å². The molecule has 0 amide bonds. The Balaban J connectivity index is 2.93. The maximum absolute atomic E-state index is 4.75. The molecule has 0 spiro atoms. The van der Waals surface area contributed by atoms with E-state index in [1.165, 1.54) is 5.56 Å². The van der Waals surface area contributed by atoms with Crippen molar-refractivity contribution in [1.82, 2.24) is 9.80 Å². The van der Waals surface area contributed by atoms with Crippen LogP contribution in [0.15, 0.2) is 33.7 Å². The molecule has 106 valence electrons.